The van der Waals surface area contributed by atoms with Crippen molar-refractivity contribution in [3.8, 4) is 0 Å². The highest BCUT2D eigenvalue weighted by molar-refractivity contribution is 4.81. The van der Waals surface area contributed by atoms with Gasteiger partial charge in [-0.2, -0.15) is 0 Å². The van der Waals surface area contributed by atoms with Gasteiger partial charge in [-0.15, -0.1) is 0 Å². The van der Waals surface area contributed by atoms with Gasteiger partial charge in [0.25, 0.3) is 0 Å². The van der Waals surface area contributed by atoms with Gasteiger partial charge in [0.05, 0.1) is 0 Å². The lowest BCUT2D eigenvalue weighted by Gasteiger charge is -2.29. The van der Waals surface area contributed by atoms with E-state index in [0.717, 1.165) is 25.1 Å². The summed E-state index contributed by atoms with van der Waals surface area (Å²) in [5, 5.41) is 3.74. The molecule has 1 rings (SSSR count). The van der Waals surface area contributed by atoms with E-state index in [1.807, 2.05) is 0 Å². The Bertz CT molecular complexity index is 222. The van der Waals surface area contributed by atoms with Gasteiger partial charge in [0.15, 0.2) is 0 Å². The lowest BCUT2D eigenvalue weighted by atomic mass is 9.76. The van der Waals surface area contributed by atoms with E-state index < -0.39 is 0 Å². The maximum atomic E-state index is 5.19. The summed E-state index contributed by atoms with van der Waals surface area (Å²) in [6.45, 7) is 11.4. The monoisotopic (exact) mass is 255 g/mol. The lowest BCUT2D eigenvalue weighted by Crippen LogP contribution is -2.33. The summed E-state index contributed by atoms with van der Waals surface area (Å²) in [6.07, 6.45) is 6.89. The summed E-state index contributed by atoms with van der Waals surface area (Å²) in [6, 6.07) is 0.733. The molecule has 1 N–H and O–H groups in total. The highest BCUT2D eigenvalue weighted by atomic mass is 16.5. The Kier molecular flexibility index (Phi) is 6.65. The molecule has 0 amide bonds. The number of rotatable bonds is 5. The predicted molar refractivity (Wildman–Crippen MR) is 78.9 cm³/mol. The number of methoxy groups -OCH3 is 1. The van der Waals surface area contributed by atoms with Crippen LogP contribution < -0.4 is 5.32 Å². The van der Waals surface area contributed by atoms with Crippen LogP contribution >= 0.6 is 0 Å². The Labute approximate surface area is 114 Å². The SMILES string of the molecule is COCC(C)CNC1CCCC(C(C)(C)C)CC1. The van der Waals surface area contributed by atoms with E-state index in [-0.39, 0.29) is 0 Å². The number of hydrogen-bond donors (Lipinski definition) is 1. The summed E-state index contributed by atoms with van der Waals surface area (Å²) in [5.41, 5.74) is 0.484. The Morgan fingerprint density at radius 1 is 1.17 bits per heavy atom. The average molecular weight is 255 g/mol. The van der Waals surface area contributed by atoms with E-state index in [1.165, 1.54) is 32.1 Å². The normalized spacial score (nSPS) is 27.8. The molecule has 0 bridgehead atoms. The first kappa shape index (κ1) is 16.0. The Morgan fingerprint density at radius 2 is 1.89 bits per heavy atom. The summed E-state index contributed by atoms with van der Waals surface area (Å²) in [7, 11) is 1.79. The molecule has 3 unspecified atom stereocenters. The van der Waals surface area contributed by atoms with Crippen LogP contribution in [0.4, 0.5) is 0 Å². The highest BCUT2D eigenvalue weighted by Gasteiger charge is 2.27. The van der Waals surface area contributed by atoms with Crippen molar-refractivity contribution in [2.75, 3.05) is 20.3 Å². The molecule has 0 spiro atoms. The molecular weight excluding hydrogens is 222 g/mol. The molecule has 0 aromatic heterocycles. The molecule has 1 aliphatic carbocycles. The van der Waals surface area contributed by atoms with Crippen LogP contribution in [0.1, 0.15) is 59.8 Å². The quantitative estimate of drug-likeness (QED) is 0.753. The highest BCUT2D eigenvalue weighted by Crippen LogP contribution is 2.36. The summed E-state index contributed by atoms with van der Waals surface area (Å²) >= 11 is 0. The minimum absolute atomic E-state index is 0.484. The zero-order valence-corrected chi connectivity index (χ0v) is 13.1. The van der Waals surface area contributed by atoms with E-state index in [0.29, 0.717) is 11.3 Å². The molecular formula is C16H33NO. The van der Waals surface area contributed by atoms with Gasteiger partial charge in [0.2, 0.25) is 0 Å². The van der Waals surface area contributed by atoms with Crippen molar-refractivity contribution >= 4 is 0 Å². The van der Waals surface area contributed by atoms with E-state index in [1.54, 1.807) is 7.11 Å². The third kappa shape index (κ3) is 5.71. The second-order valence-electron chi connectivity index (χ2n) is 7.24. The molecule has 108 valence electrons. The molecule has 0 aliphatic heterocycles. The molecule has 1 saturated carbocycles. The van der Waals surface area contributed by atoms with Gasteiger partial charge >= 0.3 is 0 Å². The van der Waals surface area contributed by atoms with Gasteiger partial charge in [-0.05, 0) is 42.9 Å². The van der Waals surface area contributed by atoms with Crippen LogP contribution in [0, 0.1) is 17.3 Å². The van der Waals surface area contributed by atoms with Crippen LogP contribution in [0.2, 0.25) is 0 Å². The summed E-state index contributed by atoms with van der Waals surface area (Å²) in [4.78, 5) is 0. The van der Waals surface area contributed by atoms with E-state index >= 15 is 0 Å². The molecule has 2 heteroatoms. The summed E-state index contributed by atoms with van der Waals surface area (Å²) < 4.78 is 5.19. The zero-order chi connectivity index (χ0) is 13.6. The predicted octanol–water partition coefficient (Wildman–Crippen LogP) is 3.85. The zero-order valence-electron chi connectivity index (χ0n) is 13.1. The molecule has 18 heavy (non-hydrogen) atoms. The Hall–Kier alpha value is -0.0800. The second kappa shape index (κ2) is 7.49. The van der Waals surface area contributed by atoms with Crippen molar-refractivity contribution in [1.29, 1.82) is 0 Å². The van der Waals surface area contributed by atoms with E-state index in [9.17, 15) is 0 Å². The van der Waals surface area contributed by atoms with Gasteiger partial charge in [0.1, 0.15) is 0 Å². The minimum Gasteiger partial charge on any atom is -0.384 e. The van der Waals surface area contributed by atoms with Gasteiger partial charge in [-0.25, -0.2) is 0 Å². The largest absolute Gasteiger partial charge is 0.384 e. The first-order valence-electron chi connectivity index (χ1n) is 7.65. The van der Waals surface area contributed by atoms with Gasteiger partial charge in [-0.1, -0.05) is 34.1 Å². The minimum atomic E-state index is 0.484. The molecule has 0 radical (unpaired) electrons. The fourth-order valence-corrected chi connectivity index (χ4v) is 3.08. The number of hydrogen-bond acceptors (Lipinski definition) is 2. The van der Waals surface area contributed by atoms with Crippen molar-refractivity contribution in [3.63, 3.8) is 0 Å². The fraction of sp³-hybridized carbons (Fsp3) is 1.00. The van der Waals surface area contributed by atoms with Crippen LogP contribution in [0.5, 0.6) is 0 Å². The van der Waals surface area contributed by atoms with Crippen LogP contribution in [0.3, 0.4) is 0 Å². The molecule has 1 aliphatic rings. The van der Waals surface area contributed by atoms with E-state index in [4.69, 9.17) is 4.74 Å². The van der Waals surface area contributed by atoms with Gasteiger partial charge in [-0.3, -0.25) is 0 Å². The van der Waals surface area contributed by atoms with Gasteiger partial charge < -0.3 is 10.1 Å². The Balaban J connectivity index is 2.29. The van der Waals surface area contributed by atoms with Gasteiger partial charge in [0, 0.05) is 26.3 Å². The average Bonchev–Trinajstić information content (AvgIpc) is 2.51. The third-order valence-corrected chi connectivity index (χ3v) is 4.40. The molecule has 0 heterocycles. The van der Waals surface area contributed by atoms with Crippen molar-refractivity contribution < 1.29 is 4.74 Å². The van der Waals surface area contributed by atoms with Crippen LogP contribution in [0.25, 0.3) is 0 Å². The molecule has 3 atom stereocenters. The summed E-state index contributed by atoms with van der Waals surface area (Å²) in [5.74, 6) is 1.53. The third-order valence-electron chi connectivity index (χ3n) is 4.40. The molecule has 1 fully saturated rings. The van der Waals surface area contributed by atoms with Crippen LogP contribution in [-0.4, -0.2) is 26.3 Å². The molecule has 0 saturated heterocycles. The number of nitrogens with one attached hydrogen (secondary N) is 1. The van der Waals surface area contributed by atoms with Crippen LogP contribution in [0.15, 0.2) is 0 Å². The smallest absolute Gasteiger partial charge is 0.0499 e. The molecule has 0 aromatic rings. The topological polar surface area (TPSA) is 21.3 Å². The van der Waals surface area contributed by atoms with Crippen molar-refractivity contribution in [1.82, 2.24) is 5.32 Å². The Morgan fingerprint density at radius 3 is 2.50 bits per heavy atom. The standard InChI is InChI=1S/C16H33NO/c1-13(12-18-5)11-17-15-8-6-7-14(9-10-15)16(2,3)4/h13-15,17H,6-12H2,1-5H3. The lowest BCUT2D eigenvalue weighted by molar-refractivity contribution is 0.156. The molecule has 2 nitrogen and oxygen atoms in total. The first-order valence-corrected chi connectivity index (χ1v) is 7.65. The fourth-order valence-electron chi connectivity index (χ4n) is 3.08. The van der Waals surface area contributed by atoms with Crippen LogP contribution in [-0.2, 0) is 4.74 Å². The maximum absolute atomic E-state index is 5.19. The van der Waals surface area contributed by atoms with Crippen molar-refractivity contribution in [2.45, 2.75) is 65.8 Å². The maximum Gasteiger partial charge on any atom is 0.0499 e. The van der Waals surface area contributed by atoms with Crippen molar-refractivity contribution in [2.24, 2.45) is 17.3 Å². The second-order valence-corrected chi connectivity index (χ2v) is 7.24. The number of ether oxygens (including phenoxy) is 1. The molecule has 0 aromatic carbocycles. The van der Waals surface area contributed by atoms with Crippen molar-refractivity contribution in [3.05, 3.63) is 0 Å². The first-order chi connectivity index (χ1) is 8.43. The van der Waals surface area contributed by atoms with E-state index in [2.05, 4.69) is 33.0 Å².